The van der Waals surface area contributed by atoms with Crippen molar-refractivity contribution < 1.29 is 9.53 Å². The van der Waals surface area contributed by atoms with E-state index in [4.69, 9.17) is 4.74 Å². The van der Waals surface area contributed by atoms with Crippen molar-refractivity contribution in [1.29, 1.82) is 0 Å². The van der Waals surface area contributed by atoms with Crippen LogP contribution in [0.5, 0.6) is 0 Å². The minimum absolute atomic E-state index is 0.0446. The summed E-state index contributed by atoms with van der Waals surface area (Å²) < 4.78 is 6.33. The number of hydrogen-bond acceptors (Lipinski definition) is 4. The van der Waals surface area contributed by atoms with Crippen molar-refractivity contribution >= 4 is 21.8 Å². The molecule has 1 aromatic rings. The maximum atomic E-state index is 11.7. The average molecular weight is 300 g/mol. The average Bonchev–Trinajstić information content (AvgIpc) is 2.38. The molecule has 0 saturated carbocycles. The fourth-order valence-corrected chi connectivity index (χ4v) is 1.79. The van der Waals surface area contributed by atoms with E-state index in [0.29, 0.717) is 18.8 Å². The summed E-state index contributed by atoms with van der Waals surface area (Å²) in [5.74, 6) is -0.174. The molecule has 1 unspecified atom stereocenters. The van der Waals surface area contributed by atoms with Crippen LogP contribution in [-0.4, -0.2) is 43.2 Å². The molecule has 5 nitrogen and oxygen atoms in total. The molecular weight excluding hydrogens is 286 g/mol. The topological polar surface area (TPSA) is 63.2 Å². The SMILES string of the molecule is O=C(NCC1CNCCO1)c1ccc(Br)cn1. The highest BCUT2D eigenvalue weighted by atomic mass is 79.9. The Balaban J connectivity index is 1.82. The van der Waals surface area contributed by atoms with Crippen LogP contribution in [0, 0.1) is 0 Å². The maximum absolute atomic E-state index is 11.7. The van der Waals surface area contributed by atoms with Crippen LogP contribution in [0.4, 0.5) is 0 Å². The number of rotatable bonds is 3. The van der Waals surface area contributed by atoms with Crippen molar-refractivity contribution in [2.45, 2.75) is 6.10 Å². The fraction of sp³-hybridized carbons (Fsp3) is 0.455. The zero-order chi connectivity index (χ0) is 12.1. The Morgan fingerprint density at radius 3 is 3.18 bits per heavy atom. The third kappa shape index (κ3) is 3.76. The second-order valence-corrected chi connectivity index (χ2v) is 4.68. The van der Waals surface area contributed by atoms with Gasteiger partial charge in [0.25, 0.3) is 5.91 Å². The predicted octanol–water partition coefficient (Wildman–Crippen LogP) is 0.562. The lowest BCUT2D eigenvalue weighted by atomic mass is 10.3. The van der Waals surface area contributed by atoms with Crippen LogP contribution in [-0.2, 0) is 4.74 Å². The Bertz CT molecular complexity index is 377. The molecule has 17 heavy (non-hydrogen) atoms. The molecule has 0 spiro atoms. The minimum atomic E-state index is -0.174. The zero-order valence-electron chi connectivity index (χ0n) is 9.28. The van der Waals surface area contributed by atoms with E-state index in [2.05, 4.69) is 31.5 Å². The molecule has 1 amide bonds. The number of morpholine rings is 1. The second-order valence-electron chi connectivity index (χ2n) is 3.77. The molecule has 0 radical (unpaired) electrons. The lowest BCUT2D eigenvalue weighted by Crippen LogP contribution is -2.45. The van der Waals surface area contributed by atoms with E-state index in [1.54, 1.807) is 18.3 Å². The summed E-state index contributed by atoms with van der Waals surface area (Å²) in [7, 11) is 0. The minimum Gasteiger partial charge on any atom is -0.374 e. The molecule has 1 aliphatic rings. The molecule has 1 saturated heterocycles. The van der Waals surface area contributed by atoms with Crippen LogP contribution in [0.15, 0.2) is 22.8 Å². The van der Waals surface area contributed by atoms with E-state index < -0.39 is 0 Å². The molecule has 0 aromatic carbocycles. The van der Waals surface area contributed by atoms with Crippen LogP contribution in [0.2, 0.25) is 0 Å². The summed E-state index contributed by atoms with van der Waals surface area (Å²) in [6.45, 7) is 2.84. The first kappa shape index (κ1) is 12.5. The maximum Gasteiger partial charge on any atom is 0.269 e. The van der Waals surface area contributed by atoms with Gasteiger partial charge in [-0.25, -0.2) is 4.98 Å². The van der Waals surface area contributed by atoms with Crippen LogP contribution in [0.25, 0.3) is 0 Å². The zero-order valence-corrected chi connectivity index (χ0v) is 10.9. The molecule has 2 heterocycles. The summed E-state index contributed by atoms with van der Waals surface area (Å²) in [4.78, 5) is 15.8. The molecule has 0 aliphatic carbocycles. The Labute approximate surface area is 108 Å². The van der Waals surface area contributed by atoms with E-state index in [-0.39, 0.29) is 12.0 Å². The Hall–Kier alpha value is -0.980. The molecule has 1 fully saturated rings. The molecule has 2 N–H and O–H groups in total. The number of hydrogen-bond donors (Lipinski definition) is 2. The van der Waals surface area contributed by atoms with Gasteiger partial charge in [0.2, 0.25) is 0 Å². The third-order valence-electron chi connectivity index (χ3n) is 2.45. The van der Waals surface area contributed by atoms with Crippen LogP contribution >= 0.6 is 15.9 Å². The van der Waals surface area contributed by atoms with Crippen molar-refractivity contribution in [1.82, 2.24) is 15.6 Å². The number of nitrogens with one attached hydrogen (secondary N) is 2. The molecule has 0 bridgehead atoms. The van der Waals surface area contributed by atoms with Gasteiger partial charge in [-0.3, -0.25) is 4.79 Å². The Morgan fingerprint density at radius 2 is 2.53 bits per heavy atom. The van der Waals surface area contributed by atoms with E-state index in [9.17, 15) is 4.79 Å². The van der Waals surface area contributed by atoms with Crippen molar-refractivity contribution in [3.63, 3.8) is 0 Å². The van der Waals surface area contributed by atoms with Gasteiger partial charge in [-0.05, 0) is 28.1 Å². The number of pyridine rings is 1. The number of nitrogens with zero attached hydrogens (tertiary/aromatic N) is 1. The molecule has 2 rings (SSSR count). The first-order valence-corrected chi connectivity index (χ1v) is 6.27. The number of amides is 1. The van der Waals surface area contributed by atoms with Gasteiger partial charge in [0.1, 0.15) is 5.69 Å². The standard InChI is InChI=1S/C11H14BrN3O2/c12-8-1-2-10(14-5-8)11(16)15-7-9-6-13-3-4-17-9/h1-2,5,9,13H,3-4,6-7H2,(H,15,16). The number of ether oxygens (including phenoxy) is 1. The molecule has 1 aliphatic heterocycles. The lowest BCUT2D eigenvalue weighted by molar-refractivity contribution is 0.0286. The van der Waals surface area contributed by atoms with Crippen LogP contribution in [0.3, 0.4) is 0 Å². The van der Waals surface area contributed by atoms with Gasteiger partial charge in [-0.2, -0.15) is 0 Å². The van der Waals surface area contributed by atoms with Gasteiger partial charge in [0, 0.05) is 30.3 Å². The quantitative estimate of drug-likeness (QED) is 0.856. The molecule has 1 atom stereocenters. The number of aromatic nitrogens is 1. The second kappa shape index (κ2) is 6.09. The first-order chi connectivity index (χ1) is 8.25. The van der Waals surface area contributed by atoms with Crippen molar-refractivity contribution in [3.05, 3.63) is 28.5 Å². The predicted molar refractivity (Wildman–Crippen MR) is 66.9 cm³/mol. The van der Waals surface area contributed by atoms with Crippen LogP contribution < -0.4 is 10.6 Å². The molecule has 92 valence electrons. The summed E-state index contributed by atoms with van der Waals surface area (Å²) in [6.07, 6.45) is 1.65. The fourth-order valence-electron chi connectivity index (χ4n) is 1.56. The monoisotopic (exact) mass is 299 g/mol. The van der Waals surface area contributed by atoms with Crippen LogP contribution in [0.1, 0.15) is 10.5 Å². The summed E-state index contributed by atoms with van der Waals surface area (Å²) in [5.41, 5.74) is 0.414. The largest absolute Gasteiger partial charge is 0.374 e. The highest BCUT2D eigenvalue weighted by Crippen LogP contribution is 2.07. The van der Waals surface area contributed by atoms with Gasteiger partial charge < -0.3 is 15.4 Å². The van der Waals surface area contributed by atoms with Gasteiger partial charge in [0.05, 0.1) is 12.7 Å². The third-order valence-corrected chi connectivity index (χ3v) is 2.92. The number of carbonyl (C=O) groups is 1. The molecular formula is C11H14BrN3O2. The van der Waals surface area contributed by atoms with Gasteiger partial charge >= 0.3 is 0 Å². The highest BCUT2D eigenvalue weighted by molar-refractivity contribution is 9.10. The first-order valence-electron chi connectivity index (χ1n) is 5.48. The number of halogens is 1. The van der Waals surface area contributed by atoms with E-state index in [1.807, 2.05) is 0 Å². The molecule has 1 aromatic heterocycles. The highest BCUT2D eigenvalue weighted by Gasteiger charge is 2.15. The van der Waals surface area contributed by atoms with Crippen molar-refractivity contribution in [2.24, 2.45) is 0 Å². The smallest absolute Gasteiger partial charge is 0.269 e. The Kier molecular flexibility index (Phi) is 4.47. The lowest BCUT2D eigenvalue weighted by Gasteiger charge is -2.23. The summed E-state index contributed by atoms with van der Waals surface area (Å²) >= 11 is 3.27. The number of carbonyl (C=O) groups excluding carboxylic acids is 1. The van der Waals surface area contributed by atoms with Crippen molar-refractivity contribution in [3.8, 4) is 0 Å². The molecule has 6 heteroatoms. The van der Waals surface area contributed by atoms with E-state index in [1.165, 1.54) is 0 Å². The van der Waals surface area contributed by atoms with Gasteiger partial charge in [-0.1, -0.05) is 0 Å². The van der Waals surface area contributed by atoms with E-state index in [0.717, 1.165) is 17.6 Å². The summed E-state index contributed by atoms with van der Waals surface area (Å²) in [5, 5.41) is 6.01. The van der Waals surface area contributed by atoms with Crippen molar-refractivity contribution in [2.75, 3.05) is 26.2 Å². The van der Waals surface area contributed by atoms with E-state index >= 15 is 0 Å². The Morgan fingerprint density at radius 1 is 1.65 bits per heavy atom. The van der Waals surface area contributed by atoms with Gasteiger partial charge in [-0.15, -0.1) is 0 Å². The normalized spacial score (nSPS) is 19.9. The van der Waals surface area contributed by atoms with Gasteiger partial charge in [0.15, 0.2) is 0 Å². The summed E-state index contributed by atoms with van der Waals surface area (Å²) in [6, 6.07) is 3.47.